The van der Waals surface area contributed by atoms with Crippen LogP contribution in [0.4, 0.5) is 4.39 Å². The number of nitrogens with one attached hydrogen (secondary N) is 2. The molecule has 10 heteroatoms. The fraction of sp³-hybridized carbons (Fsp3) is 0.375. The first-order valence-corrected chi connectivity index (χ1v) is 10.7. The number of amides is 1. The Bertz CT molecular complexity index is 1030. The van der Waals surface area contributed by atoms with Crippen LogP contribution in [0.5, 0.6) is 11.5 Å². The summed E-state index contributed by atoms with van der Waals surface area (Å²) in [6, 6.07) is 8.87. The van der Waals surface area contributed by atoms with E-state index in [1.165, 1.54) is 32.2 Å². The molecule has 0 fully saturated rings. The monoisotopic (exact) mass is 475 g/mol. The first kappa shape index (κ1) is 26.6. The Morgan fingerprint density at radius 3 is 2.47 bits per heavy atom. The molecule has 9 nitrogen and oxygen atoms in total. The lowest BCUT2D eigenvalue weighted by molar-refractivity contribution is -0.150. The van der Waals surface area contributed by atoms with Crippen molar-refractivity contribution in [2.45, 2.75) is 39.5 Å². The molecule has 2 aromatic carbocycles. The molecule has 4 N–H and O–H groups in total. The summed E-state index contributed by atoms with van der Waals surface area (Å²) in [5.74, 6) is -1.37. The predicted octanol–water partition coefficient (Wildman–Crippen LogP) is 2.84. The van der Waals surface area contributed by atoms with Crippen molar-refractivity contribution in [1.29, 1.82) is 5.41 Å². The van der Waals surface area contributed by atoms with Crippen LogP contribution in [-0.4, -0.2) is 44.1 Å². The molecular weight excluding hydrogens is 445 g/mol. The number of rotatable bonds is 12. The van der Waals surface area contributed by atoms with Crippen LogP contribution in [0.15, 0.2) is 36.4 Å². The molecule has 0 aromatic heterocycles. The number of esters is 1. The molecule has 0 aliphatic carbocycles. The second kappa shape index (κ2) is 12.5. The van der Waals surface area contributed by atoms with Crippen LogP contribution in [0.25, 0.3) is 0 Å². The molecule has 0 spiro atoms. The molecule has 0 bridgehead atoms. The molecule has 0 radical (unpaired) electrons. The molecule has 2 aromatic rings. The van der Waals surface area contributed by atoms with Gasteiger partial charge in [-0.1, -0.05) is 12.1 Å². The van der Waals surface area contributed by atoms with Crippen molar-refractivity contribution < 1.29 is 32.9 Å². The first-order chi connectivity index (χ1) is 16.2. The summed E-state index contributed by atoms with van der Waals surface area (Å²) in [6.45, 7) is 5.28. The van der Waals surface area contributed by atoms with Crippen LogP contribution in [0.3, 0.4) is 0 Å². The fourth-order valence-electron chi connectivity index (χ4n) is 3.07. The van der Waals surface area contributed by atoms with E-state index in [2.05, 4.69) is 5.32 Å². The summed E-state index contributed by atoms with van der Waals surface area (Å²) < 4.78 is 35.8. The van der Waals surface area contributed by atoms with Gasteiger partial charge >= 0.3 is 5.97 Å². The quantitative estimate of drug-likeness (QED) is 0.244. The Morgan fingerprint density at radius 2 is 1.88 bits per heavy atom. The summed E-state index contributed by atoms with van der Waals surface area (Å²) in [4.78, 5) is 24.9. The Hall–Kier alpha value is -3.66. The molecule has 0 saturated heterocycles. The van der Waals surface area contributed by atoms with Gasteiger partial charge in [0.15, 0.2) is 12.2 Å². The third-order valence-corrected chi connectivity index (χ3v) is 4.82. The van der Waals surface area contributed by atoms with Gasteiger partial charge in [-0.2, -0.15) is 0 Å². The van der Waals surface area contributed by atoms with Gasteiger partial charge < -0.3 is 30.0 Å². The smallest absolute Gasteiger partial charge is 0.347 e. The molecule has 0 heterocycles. The molecule has 1 unspecified atom stereocenters. The Morgan fingerprint density at radius 1 is 1.15 bits per heavy atom. The van der Waals surface area contributed by atoms with Crippen LogP contribution in [0.1, 0.15) is 43.6 Å². The predicted molar refractivity (Wildman–Crippen MR) is 123 cm³/mol. The number of nitrogens with two attached hydrogens (primary N) is 1. The minimum Gasteiger partial charge on any atom is -0.497 e. The van der Waals surface area contributed by atoms with E-state index < -0.39 is 29.9 Å². The Balaban J connectivity index is 2.25. The molecule has 2 atom stereocenters. The van der Waals surface area contributed by atoms with Crippen LogP contribution in [0.2, 0.25) is 0 Å². The molecule has 2 rings (SSSR count). The maximum Gasteiger partial charge on any atom is 0.347 e. The van der Waals surface area contributed by atoms with Gasteiger partial charge in [-0.3, -0.25) is 10.2 Å². The number of amidine groups is 1. The normalized spacial score (nSPS) is 12.4. The number of benzene rings is 2. The van der Waals surface area contributed by atoms with E-state index in [0.29, 0.717) is 16.9 Å². The SMILES string of the molecule is CCOC(=O)[C@H](C)Oc1cc(C(=N)N)ccc1CNC(=O)C(OCC)c1ccc(OC)cc1F. The summed E-state index contributed by atoms with van der Waals surface area (Å²) in [5, 5.41) is 10.4. The highest BCUT2D eigenvalue weighted by atomic mass is 19.1. The second-order valence-corrected chi connectivity index (χ2v) is 7.19. The zero-order valence-electron chi connectivity index (χ0n) is 19.6. The number of hydrogen-bond donors (Lipinski definition) is 3. The van der Waals surface area contributed by atoms with E-state index in [4.69, 9.17) is 30.1 Å². The van der Waals surface area contributed by atoms with Crippen molar-refractivity contribution in [1.82, 2.24) is 5.32 Å². The lowest BCUT2D eigenvalue weighted by Gasteiger charge is -2.20. The van der Waals surface area contributed by atoms with Gasteiger partial charge in [-0.25, -0.2) is 9.18 Å². The van der Waals surface area contributed by atoms with Gasteiger partial charge in [0.25, 0.3) is 5.91 Å². The highest BCUT2D eigenvalue weighted by molar-refractivity contribution is 5.95. The largest absolute Gasteiger partial charge is 0.497 e. The number of methoxy groups -OCH3 is 1. The van der Waals surface area contributed by atoms with E-state index >= 15 is 0 Å². The maximum absolute atomic E-state index is 14.6. The lowest BCUT2D eigenvalue weighted by Crippen LogP contribution is -2.32. The van der Waals surface area contributed by atoms with Crippen molar-refractivity contribution in [2.24, 2.45) is 5.73 Å². The molecule has 0 saturated carbocycles. The van der Waals surface area contributed by atoms with Crippen molar-refractivity contribution in [3.8, 4) is 11.5 Å². The first-order valence-electron chi connectivity index (χ1n) is 10.7. The average Bonchev–Trinajstić information content (AvgIpc) is 2.81. The van der Waals surface area contributed by atoms with Crippen molar-refractivity contribution >= 4 is 17.7 Å². The van der Waals surface area contributed by atoms with E-state index in [0.717, 1.165) is 0 Å². The molecule has 184 valence electrons. The summed E-state index contributed by atoms with van der Waals surface area (Å²) in [7, 11) is 1.42. The van der Waals surface area contributed by atoms with E-state index in [-0.39, 0.29) is 36.9 Å². The number of ether oxygens (including phenoxy) is 4. The molecule has 1 amide bonds. The number of halogens is 1. The van der Waals surface area contributed by atoms with Crippen molar-refractivity contribution in [2.75, 3.05) is 20.3 Å². The third-order valence-electron chi connectivity index (χ3n) is 4.82. The van der Waals surface area contributed by atoms with Crippen LogP contribution >= 0.6 is 0 Å². The highest BCUT2D eigenvalue weighted by Gasteiger charge is 2.25. The lowest BCUT2D eigenvalue weighted by atomic mass is 10.1. The van der Waals surface area contributed by atoms with Gasteiger partial charge in [0.05, 0.1) is 13.7 Å². The van der Waals surface area contributed by atoms with E-state index in [9.17, 15) is 14.0 Å². The van der Waals surface area contributed by atoms with Gasteiger partial charge in [-0.05, 0) is 39.0 Å². The number of carbonyl (C=O) groups excluding carboxylic acids is 2. The number of carbonyl (C=O) groups is 2. The topological polar surface area (TPSA) is 133 Å². The van der Waals surface area contributed by atoms with E-state index in [1.807, 2.05) is 0 Å². The average molecular weight is 476 g/mol. The summed E-state index contributed by atoms with van der Waals surface area (Å²) in [6.07, 6.45) is -2.11. The third kappa shape index (κ3) is 6.92. The zero-order valence-corrected chi connectivity index (χ0v) is 19.6. The van der Waals surface area contributed by atoms with Gasteiger partial charge in [0, 0.05) is 35.9 Å². The minimum absolute atomic E-state index is 0.0107. The minimum atomic E-state index is -1.18. The summed E-state index contributed by atoms with van der Waals surface area (Å²) >= 11 is 0. The summed E-state index contributed by atoms with van der Waals surface area (Å²) in [5.41, 5.74) is 6.54. The number of nitrogen functional groups attached to an aromatic ring is 1. The van der Waals surface area contributed by atoms with Gasteiger partial charge in [0.2, 0.25) is 0 Å². The van der Waals surface area contributed by atoms with Crippen molar-refractivity contribution in [3.05, 3.63) is 58.9 Å². The van der Waals surface area contributed by atoms with Crippen molar-refractivity contribution in [3.63, 3.8) is 0 Å². The fourth-order valence-corrected chi connectivity index (χ4v) is 3.07. The second-order valence-electron chi connectivity index (χ2n) is 7.19. The van der Waals surface area contributed by atoms with Gasteiger partial charge in [0.1, 0.15) is 23.2 Å². The van der Waals surface area contributed by atoms with Crippen LogP contribution in [-0.2, 0) is 25.6 Å². The van der Waals surface area contributed by atoms with E-state index in [1.54, 1.807) is 32.0 Å². The molecule has 34 heavy (non-hydrogen) atoms. The number of hydrogen-bond acceptors (Lipinski definition) is 7. The standard InChI is InChI=1S/C24H30FN3O6/c1-5-32-21(18-10-9-17(31-4)12-19(18)25)23(29)28-13-16-8-7-15(22(26)27)11-20(16)34-14(3)24(30)33-6-2/h7-12,14,21H,5-6,13H2,1-4H3,(H3,26,27)(H,28,29)/t14-,21?/m0/s1. The molecular formula is C24H30FN3O6. The maximum atomic E-state index is 14.6. The Kier molecular flexibility index (Phi) is 9.81. The molecule has 0 aliphatic rings. The van der Waals surface area contributed by atoms with Crippen LogP contribution < -0.4 is 20.5 Å². The molecule has 0 aliphatic heterocycles. The van der Waals surface area contributed by atoms with Crippen LogP contribution in [0, 0.1) is 11.2 Å². The Labute approximate surface area is 197 Å². The highest BCUT2D eigenvalue weighted by Crippen LogP contribution is 2.26. The zero-order chi connectivity index (χ0) is 25.3. The van der Waals surface area contributed by atoms with Gasteiger partial charge in [-0.15, -0.1) is 0 Å².